The van der Waals surface area contributed by atoms with E-state index in [0.29, 0.717) is 0 Å². The number of allylic oxidation sites excluding steroid dienone is 1. The number of rotatable bonds is 2. The predicted molar refractivity (Wildman–Crippen MR) is 60.3 cm³/mol. The first-order valence-electron chi connectivity index (χ1n) is 5.60. The highest BCUT2D eigenvalue weighted by molar-refractivity contribution is 5.32. The van der Waals surface area contributed by atoms with Crippen molar-refractivity contribution in [3.63, 3.8) is 0 Å². The normalized spacial score (nSPS) is 18.0. The molecule has 1 aliphatic carbocycles. The SMILES string of the molecule is NC(C1=CCCC1)c1ccc(C(F)(F)F)cc1. The average Bonchev–Trinajstić information content (AvgIpc) is 2.80. The summed E-state index contributed by atoms with van der Waals surface area (Å²) in [6, 6.07) is 4.84. The Hall–Kier alpha value is -1.29. The van der Waals surface area contributed by atoms with Crippen LogP contribution >= 0.6 is 0 Å². The van der Waals surface area contributed by atoms with Gasteiger partial charge in [0, 0.05) is 0 Å². The van der Waals surface area contributed by atoms with Gasteiger partial charge < -0.3 is 5.73 Å². The Labute approximate surface area is 98.1 Å². The van der Waals surface area contributed by atoms with Gasteiger partial charge in [0.2, 0.25) is 0 Å². The molecule has 0 saturated heterocycles. The van der Waals surface area contributed by atoms with Crippen molar-refractivity contribution in [2.45, 2.75) is 31.5 Å². The Kier molecular flexibility index (Phi) is 3.24. The van der Waals surface area contributed by atoms with E-state index >= 15 is 0 Å². The second-order valence-corrected chi connectivity index (χ2v) is 4.27. The lowest BCUT2D eigenvalue weighted by Crippen LogP contribution is -2.13. The summed E-state index contributed by atoms with van der Waals surface area (Å²) in [4.78, 5) is 0. The van der Waals surface area contributed by atoms with Crippen molar-refractivity contribution >= 4 is 0 Å². The molecule has 4 heteroatoms. The third kappa shape index (κ3) is 2.69. The van der Waals surface area contributed by atoms with E-state index in [4.69, 9.17) is 5.73 Å². The number of hydrogen-bond donors (Lipinski definition) is 1. The zero-order valence-corrected chi connectivity index (χ0v) is 9.30. The molecule has 2 N–H and O–H groups in total. The zero-order chi connectivity index (χ0) is 12.5. The van der Waals surface area contributed by atoms with Gasteiger partial charge in [-0.3, -0.25) is 0 Å². The monoisotopic (exact) mass is 241 g/mol. The first-order valence-corrected chi connectivity index (χ1v) is 5.60. The molecule has 0 radical (unpaired) electrons. The predicted octanol–water partition coefficient (Wildman–Crippen LogP) is 3.82. The molecule has 0 aliphatic heterocycles. The van der Waals surface area contributed by atoms with Crippen molar-refractivity contribution in [1.29, 1.82) is 0 Å². The van der Waals surface area contributed by atoms with Crippen LogP contribution in [0.3, 0.4) is 0 Å². The summed E-state index contributed by atoms with van der Waals surface area (Å²) in [5, 5.41) is 0. The molecule has 1 nitrogen and oxygen atoms in total. The summed E-state index contributed by atoms with van der Waals surface area (Å²) in [6.45, 7) is 0. The molecule has 0 bridgehead atoms. The van der Waals surface area contributed by atoms with E-state index in [1.165, 1.54) is 12.1 Å². The smallest absolute Gasteiger partial charge is 0.321 e. The average molecular weight is 241 g/mol. The summed E-state index contributed by atoms with van der Waals surface area (Å²) < 4.78 is 37.1. The standard InChI is InChI=1S/C13H14F3N/c14-13(15,16)11-7-5-10(6-8-11)12(17)9-3-1-2-4-9/h3,5-8,12H,1-2,4,17H2. The molecule has 0 saturated carbocycles. The van der Waals surface area contributed by atoms with Crippen LogP contribution in [0.25, 0.3) is 0 Å². The highest BCUT2D eigenvalue weighted by Crippen LogP contribution is 2.32. The van der Waals surface area contributed by atoms with Gasteiger partial charge in [-0.1, -0.05) is 23.8 Å². The number of nitrogens with two attached hydrogens (primary N) is 1. The van der Waals surface area contributed by atoms with E-state index < -0.39 is 11.7 Å². The molecule has 1 aromatic carbocycles. The van der Waals surface area contributed by atoms with Crippen LogP contribution in [-0.4, -0.2) is 0 Å². The van der Waals surface area contributed by atoms with Crippen LogP contribution in [0.2, 0.25) is 0 Å². The molecule has 1 unspecified atom stereocenters. The summed E-state index contributed by atoms with van der Waals surface area (Å²) in [5.74, 6) is 0. The Bertz CT molecular complexity index is 417. The van der Waals surface area contributed by atoms with Crippen LogP contribution in [0.1, 0.15) is 36.4 Å². The highest BCUT2D eigenvalue weighted by atomic mass is 19.4. The molecule has 1 atom stereocenters. The van der Waals surface area contributed by atoms with Gasteiger partial charge >= 0.3 is 6.18 Å². The summed E-state index contributed by atoms with van der Waals surface area (Å²) in [7, 11) is 0. The fourth-order valence-corrected chi connectivity index (χ4v) is 2.07. The van der Waals surface area contributed by atoms with Gasteiger partial charge in [0.25, 0.3) is 0 Å². The van der Waals surface area contributed by atoms with Crippen LogP contribution in [0.4, 0.5) is 13.2 Å². The van der Waals surface area contributed by atoms with Crippen molar-refractivity contribution in [2.24, 2.45) is 5.73 Å². The maximum absolute atomic E-state index is 12.4. The van der Waals surface area contributed by atoms with Crippen molar-refractivity contribution in [3.05, 3.63) is 47.0 Å². The minimum Gasteiger partial charge on any atom is -0.321 e. The van der Waals surface area contributed by atoms with Crippen molar-refractivity contribution < 1.29 is 13.2 Å². The first-order chi connectivity index (χ1) is 7.98. The number of hydrogen-bond acceptors (Lipinski definition) is 1. The maximum atomic E-state index is 12.4. The lowest BCUT2D eigenvalue weighted by Gasteiger charge is -2.14. The molecule has 0 fully saturated rings. The first kappa shape index (κ1) is 12.2. The second kappa shape index (κ2) is 4.53. The number of benzene rings is 1. The lowest BCUT2D eigenvalue weighted by atomic mass is 9.98. The molecule has 1 aromatic rings. The van der Waals surface area contributed by atoms with Gasteiger partial charge in [-0.05, 0) is 37.0 Å². The molecule has 1 aliphatic rings. The van der Waals surface area contributed by atoms with E-state index in [-0.39, 0.29) is 6.04 Å². The van der Waals surface area contributed by atoms with Crippen LogP contribution < -0.4 is 5.73 Å². The van der Waals surface area contributed by atoms with Gasteiger partial charge in [-0.15, -0.1) is 0 Å². The zero-order valence-electron chi connectivity index (χ0n) is 9.30. The minimum absolute atomic E-state index is 0.264. The Balaban J connectivity index is 2.18. The molecule has 17 heavy (non-hydrogen) atoms. The summed E-state index contributed by atoms with van der Waals surface area (Å²) in [5.41, 5.74) is 7.25. The van der Waals surface area contributed by atoms with Crippen LogP contribution in [0.15, 0.2) is 35.9 Å². The summed E-state index contributed by atoms with van der Waals surface area (Å²) in [6.07, 6.45) is 0.854. The Morgan fingerprint density at radius 1 is 1.12 bits per heavy atom. The minimum atomic E-state index is -4.28. The van der Waals surface area contributed by atoms with Crippen molar-refractivity contribution in [3.8, 4) is 0 Å². The molecule has 0 heterocycles. The van der Waals surface area contributed by atoms with E-state index in [9.17, 15) is 13.2 Å². The van der Waals surface area contributed by atoms with E-state index in [2.05, 4.69) is 6.08 Å². The molecular formula is C13H14F3N. The van der Waals surface area contributed by atoms with Crippen molar-refractivity contribution in [1.82, 2.24) is 0 Å². The molecule has 0 amide bonds. The largest absolute Gasteiger partial charge is 0.416 e. The highest BCUT2D eigenvalue weighted by Gasteiger charge is 2.30. The van der Waals surface area contributed by atoms with Gasteiger partial charge in [-0.25, -0.2) is 0 Å². The topological polar surface area (TPSA) is 26.0 Å². The third-order valence-electron chi connectivity index (χ3n) is 3.07. The fourth-order valence-electron chi connectivity index (χ4n) is 2.07. The number of alkyl halides is 3. The molecular weight excluding hydrogens is 227 g/mol. The van der Waals surface area contributed by atoms with Crippen LogP contribution in [-0.2, 0) is 6.18 Å². The van der Waals surface area contributed by atoms with E-state index in [0.717, 1.165) is 42.5 Å². The van der Waals surface area contributed by atoms with Gasteiger partial charge in [0.05, 0.1) is 11.6 Å². The van der Waals surface area contributed by atoms with E-state index in [1.54, 1.807) is 0 Å². The molecule has 0 aromatic heterocycles. The van der Waals surface area contributed by atoms with Crippen LogP contribution in [0.5, 0.6) is 0 Å². The Morgan fingerprint density at radius 2 is 1.76 bits per heavy atom. The second-order valence-electron chi connectivity index (χ2n) is 4.27. The van der Waals surface area contributed by atoms with Crippen LogP contribution in [0, 0.1) is 0 Å². The summed E-state index contributed by atoms with van der Waals surface area (Å²) >= 11 is 0. The molecule has 2 rings (SSSR count). The Morgan fingerprint density at radius 3 is 2.24 bits per heavy atom. The van der Waals surface area contributed by atoms with E-state index in [1.807, 2.05) is 0 Å². The fraction of sp³-hybridized carbons (Fsp3) is 0.385. The third-order valence-corrected chi connectivity index (χ3v) is 3.07. The maximum Gasteiger partial charge on any atom is 0.416 e. The molecule has 92 valence electrons. The van der Waals surface area contributed by atoms with Gasteiger partial charge in [-0.2, -0.15) is 13.2 Å². The lowest BCUT2D eigenvalue weighted by molar-refractivity contribution is -0.137. The quantitative estimate of drug-likeness (QED) is 0.783. The van der Waals surface area contributed by atoms with Gasteiger partial charge in [0.1, 0.15) is 0 Å². The van der Waals surface area contributed by atoms with Crippen molar-refractivity contribution in [2.75, 3.05) is 0 Å². The number of halogens is 3. The van der Waals surface area contributed by atoms with Gasteiger partial charge in [0.15, 0.2) is 0 Å². The molecule has 0 spiro atoms.